The molecule has 0 radical (unpaired) electrons. The van der Waals surface area contributed by atoms with Crippen molar-refractivity contribution in [1.29, 1.82) is 0 Å². The summed E-state index contributed by atoms with van der Waals surface area (Å²) >= 11 is 0. The predicted octanol–water partition coefficient (Wildman–Crippen LogP) is -4.44. The third-order valence-corrected chi connectivity index (χ3v) is 3.63. The molecule has 14 heteroatoms. The minimum Gasteiger partial charge on any atom is -0.480 e. The third-order valence-electron chi connectivity index (χ3n) is 3.63. The maximum Gasteiger partial charge on any atom is 0.326 e. The smallest absolute Gasteiger partial charge is 0.326 e. The van der Waals surface area contributed by atoms with Gasteiger partial charge in [0.2, 0.25) is 23.6 Å². The van der Waals surface area contributed by atoms with Crippen molar-refractivity contribution >= 4 is 35.6 Å². The van der Waals surface area contributed by atoms with E-state index in [1.807, 2.05) is 0 Å². The molecule has 29 heavy (non-hydrogen) atoms. The molecule has 3 unspecified atom stereocenters. The van der Waals surface area contributed by atoms with Gasteiger partial charge in [-0.3, -0.25) is 24.2 Å². The molecule has 164 valence electrons. The Hall–Kier alpha value is -3.42. The van der Waals surface area contributed by atoms with E-state index < -0.39 is 54.1 Å². The van der Waals surface area contributed by atoms with Crippen LogP contribution in [0.2, 0.25) is 0 Å². The van der Waals surface area contributed by atoms with Gasteiger partial charge in [0.1, 0.15) is 12.1 Å². The van der Waals surface area contributed by atoms with Crippen molar-refractivity contribution < 1.29 is 29.1 Å². The van der Waals surface area contributed by atoms with Crippen LogP contribution in [0.4, 0.5) is 0 Å². The Morgan fingerprint density at radius 3 is 1.93 bits per heavy atom. The highest BCUT2D eigenvalue weighted by Gasteiger charge is 2.28. The predicted molar refractivity (Wildman–Crippen MR) is 102 cm³/mol. The lowest BCUT2D eigenvalue weighted by molar-refractivity contribution is -0.142. The van der Waals surface area contributed by atoms with Crippen molar-refractivity contribution in [2.45, 2.75) is 50.2 Å². The average molecular weight is 416 g/mol. The van der Waals surface area contributed by atoms with Crippen molar-refractivity contribution in [3.63, 3.8) is 0 Å². The molecule has 0 aromatic carbocycles. The standard InChI is InChI=1S/C15H28N8O6/c16-7(6-11(18)25)12(26)22-8(2-1-5-21-15(19)20)13(27)23-9(14(28)29)3-4-10(17)24/h7-9H,1-6,16H2,(H2,17,24)(H2,18,25)(H,22,26)(H,23,27)(H,28,29)(H4,19,20,21). The Balaban J connectivity index is 5.16. The maximum absolute atomic E-state index is 12.5. The van der Waals surface area contributed by atoms with Gasteiger partial charge in [0.05, 0.1) is 12.5 Å². The van der Waals surface area contributed by atoms with Gasteiger partial charge in [-0.15, -0.1) is 0 Å². The van der Waals surface area contributed by atoms with E-state index >= 15 is 0 Å². The first-order chi connectivity index (χ1) is 13.4. The van der Waals surface area contributed by atoms with Crippen molar-refractivity contribution in [2.24, 2.45) is 33.7 Å². The van der Waals surface area contributed by atoms with E-state index in [2.05, 4.69) is 15.6 Å². The van der Waals surface area contributed by atoms with Crippen LogP contribution in [-0.2, 0) is 24.0 Å². The molecular weight excluding hydrogens is 388 g/mol. The minimum atomic E-state index is -1.40. The van der Waals surface area contributed by atoms with Crippen LogP contribution in [0, 0.1) is 0 Å². The molecule has 13 N–H and O–H groups in total. The molecule has 0 saturated heterocycles. The molecule has 0 spiro atoms. The first-order valence-electron chi connectivity index (χ1n) is 8.65. The number of carboxylic acids is 1. The zero-order valence-corrected chi connectivity index (χ0v) is 15.8. The van der Waals surface area contributed by atoms with E-state index in [1.54, 1.807) is 0 Å². The molecule has 3 atom stereocenters. The van der Waals surface area contributed by atoms with Crippen molar-refractivity contribution in [1.82, 2.24) is 10.6 Å². The van der Waals surface area contributed by atoms with Gasteiger partial charge >= 0.3 is 5.97 Å². The van der Waals surface area contributed by atoms with Crippen LogP contribution in [0.25, 0.3) is 0 Å². The molecule has 0 aliphatic carbocycles. The lowest BCUT2D eigenvalue weighted by Gasteiger charge is -2.22. The quantitative estimate of drug-likeness (QED) is 0.0769. The molecule has 4 amide bonds. The molecule has 0 bridgehead atoms. The molecule has 0 rings (SSSR count). The van der Waals surface area contributed by atoms with Crippen LogP contribution in [0.3, 0.4) is 0 Å². The van der Waals surface area contributed by atoms with E-state index in [0.29, 0.717) is 0 Å². The molecular formula is C15H28N8O6. The van der Waals surface area contributed by atoms with Crippen molar-refractivity contribution in [3.05, 3.63) is 0 Å². The second-order valence-corrected chi connectivity index (χ2v) is 6.19. The molecule has 0 aromatic heterocycles. The first-order valence-corrected chi connectivity index (χ1v) is 8.65. The van der Waals surface area contributed by atoms with Crippen LogP contribution in [0.15, 0.2) is 4.99 Å². The van der Waals surface area contributed by atoms with Crippen LogP contribution in [0.1, 0.15) is 32.1 Å². The Kier molecular flexibility index (Phi) is 11.4. The molecule has 0 heterocycles. The summed E-state index contributed by atoms with van der Waals surface area (Å²) in [6.45, 7) is 0.152. The molecule has 0 aliphatic rings. The normalized spacial score (nSPS) is 13.4. The van der Waals surface area contributed by atoms with Gasteiger partial charge in [0, 0.05) is 13.0 Å². The number of aliphatic imine (C=N–C) groups is 1. The van der Waals surface area contributed by atoms with E-state index in [1.165, 1.54) is 0 Å². The molecule has 0 aliphatic heterocycles. The summed E-state index contributed by atoms with van der Waals surface area (Å²) in [6, 6.07) is -3.87. The zero-order valence-electron chi connectivity index (χ0n) is 15.8. The van der Waals surface area contributed by atoms with E-state index in [9.17, 15) is 29.1 Å². The summed E-state index contributed by atoms with van der Waals surface area (Å²) in [6.07, 6.45) is -0.626. The zero-order chi connectivity index (χ0) is 22.6. The Morgan fingerprint density at radius 1 is 0.862 bits per heavy atom. The Labute approximate surface area is 166 Å². The lowest BCUT2D eigenvalue weighted by atomic mass is 10.1. The second kappa shape index (κ2) is 12.9. The summed E-state index contributed by atoms with van der Waals surface area (Å²) in [4.78, 5) is 61.4. The van der Waals surface area contributed by atoms with E-state index in [0.717, 1.165) is 0 Å². The average Bonchev–Trinajstić information content (AvgIpc) is 2.59. The number of amides is 4. The summed E-state index contributed by atoms with van der Waals surface area (Å²) in [5, 5.41) is 13.8. The van der Waals surface area contributed by atoms with Crippen LogP contribution >= 0.6 is 0 Å². The number of carbonyl (C=O) groups excluding carboxylic acids is 4. The number of nitrogens with two attached hydrogens (primary N) is 5. The van der Waals surface area contributed by atoms with Crippen LogP contribution < -0.4 is 39.3 Å². The Bertz CT molecular complexity index is 649. The van der Waals surface area contributed by atoms with Gasteiger partial charge in [-0.1, -0.05) is 0 Å². The number of nitrogens with zero attached hydrogens (tertiary/aromatic N) is 1. The highest BCUT2D eigenvalue weighted by molar-refractivity contribution is 5.93. The van der Waals surface area contributed by atoms with Gasteiger partial charge in [-0.05, 0) is 19.3 Å². The largest absolute Gasteiger partial charge is 0.480 e. The molecule has 0 saturated carbocycles. The van der Waals surface area contributed by atoms with Gasteiger partial charge in [0.25, 0.3) is 0 Å². The number of nitrogens with one attached hydrogen (secondary N) is 2. The summed E-state index contributed by atoms with van der Waals surface area (Å²) in [5.41, 5.74) is 25.9. The van der Waals surface area contributed by atoms with Crippen LogP contribution in [-0.4, -0.2) is 65.3 Å². The van der Waals surface area contributed by atoms with Gasteiger partial charge in [-0.2, -0.15) is 0 Å². The first kappa shape index (κ1) is 25.6. The minimum absolute atomic E-state index is 0.0415. The number of hydrogen-bond acceptors (Lipinski definition) is 7. The fourth-order valence-electron chi connectivity index (χ4n) is 2.18. The van der Waals surface area contributed by atoms with Gasteiger partial charge in [-0.25, -0.2) is 4.79 Å². The summed E-state index contributed by atoms with van der Waals surface area (Å²) < 4.78 is 0. The maximum atomic E-state index is 12.5. The van der Waals surface area contributed by atoms with E-state index in [-0.39, 0.29) is 38.2 Å². The highest BCUT2D eigenvalue weighted by Crippen LogP contribution is 2.04. The van der Waals surface area contributed by atoms with E-state index in [4.69, 9.17) is 28.7 Å². The number of carbonyl (C=O) groups is 5. The number of carboxylic acid groups (broad SMARTS) is 1. The van der Waals surface area contributed by atoms with Gasteiger partial charge in [0.15, 0.2) is 5.96 Å². The number of guanidine groups is 1. The van der Waals surface area contributed by atoms with Crippen molar-refractivity contribution in [3.8, 4) is 0 Å². The number of hydrogen-bond donors (Lipinski definition) is 8. The number of primary amides is 2. The fourth-order valence-corrected chi connectivity index (χ4v) is 2.18. The highest BCUT2D eigenvalue weighted by atomic mass is 16.4. The molecule has 0 aromatic rings. The lowest BCUT2D eigenvalue weighted by Crippen LogP contribution is -2.55. The van der Waals surface area contributed by atoms with Crippen molar-refractivity contribution in [2.75, 3.05) is 6.54 Å². The molecule has 14 nitrogen and oxygen atoms in total. The molecule has 0 fully saturated rings. The van der Waals surface area contributed by atoms with Gasteiger partial charge < -0.3 is 44.4 Å². The second-order valence-electron chi connectivity index (χ2n) is 6.19. The summed E-state index contributed by atoms with van der Waals surface area (Å²) in [5.74, 6) is -4.73. The SMILES string of the molecule is NC(=O)CCC(NC(=O)C(CCCN=C(N)N)NC(=O)C(N)CC(N)=O)C(=O)O. The third kappa shape index (κ3) is 11.8. The number of rotatable bonds is 14. The monoisotopic (exact) mass is 416 g/mol. The number of aliphatic carboxylic acids is 1. The van der Waals surface area contributed by atoms with Crippen LogP contribution in [0.5, 0.6) is 0 Å². The fraction of sp³-hybridized carbons (Fsp3) is 0.600. The Morgan fingerprint density at radius 2 is 1.45 bits per heavy atom. The topological polar surface area (TPSA) is 272 Å². The summed E-state index contributed by atoms with van der Waals surface area (Å²) in [7, 11) is 0.